The Morgan fingerprint density at radius 1 is 0.429 bits per heavy atom. The number of benzene rings is 8. The van der Waals surface area contributed by atoms with Gasteiger partial charge in [-0.1, -0.05) is 95.3 Å². The third-order valence-corrected chi connectivity index (χ3v) is 15.6. The maximum atomic E-state index is 7.48. The average Bonchev–Trinajstić information content (AvgIpc) is 2.97. The Kier molecular flexibility index (Phi) is 17.1. The molecular weight excluding hydrogens is 1060 g/mol. The van der Waals surface area contributed by atoms with Gasteiger partial charge in [-0.15, -0.1) is 0 Å². The van der Waals surface area contributed by atoms with Crippen LogP contribution in [0.2, 0.25) is 0 Å². The van der Waals surface area contributed by atoms with Gasteiger partial charge >= 0.3 is 0 Å². The molecule has 5 unspecified atom stereocenters. The van der Waals surface area contributed by atoms with Crippen molar-refractivity contribution in [2.45, 2.75) is 104 Å². The SMILES string of the molecule is CCc1cc(C(C)c2ccc(Oc3cccc(OCC4CO4)c3)c(C)c2)c(Oc2ccc(OCC3CO3)cc2)c(C(C)c2ccc(Oc3cccc(OCC4OO4)c3)c(C)c2)c1Cc1cc(C(C)C)ccc1Oc1cccc(OCC2CO2)c1. The monoisotopic (exact) mass is 1130 g/mol. The van der Waals surface area contributed by atoms with Gasteiger partial charge in [0, 0.05) is 47.6 Å². The first-order chi connectivity index (χ1) is 40.9. The van der Waals surface area contributed by atoms with Crippen molar-refractivity contribution in [3.63, 3.8) is 0 Å². The van der Waals surface area contributed by atoms with Crippen molar-refractivity contribution in [3.8, 4) is 69.0 Å². The van der Waals surface area contributed by atoms with Crippen molar-refractivity contribution in [1.29, 1.82) is 0 Å². The highest BCUT2D eigenvalue weighted by atomic mass is 17.4. The fourth-order valence-corrected chi connectivity index (χ4v) is 10.4. The molecule has 0 aromatic heterocycles. The van der Waals surface area contributed by atoms with Crippen LogP contribution in [-0.2, 0) is 36.8 Å². The van der Waals surface area contributed by atoms with E-state index in [0.717, 1.165) is 98.8 Å². The Bertz CT molecular complexity index is 3580. The molecule has 0 radical (unpaired) electrons. The van der Waals surface area contributed by atoms with Gasteiger partial charge in [0.15, 0.2) is 0 Å². The number of aryl methyl sites for hydroxylation is 3. The fourth-order valence-electron chi connectivity index (χ4n) is 10.4. The van der Waals surface area contributed by atoms with E-state index in [9.17, 15) is 0 Å². The summed E-state index contributed by atoms with van der Waals surface area (Å²) in [6.45, 7) is 19.4. The van der Waals surface area contributed by atoms with E-state index in [2.05, 4.69) is 109 Å². The summed E-state index contributed by atoms with van der Waals surface area (Å²) >= 11 is 0. The lowest BCUT2D eigenvalue weighted by Gasteiger charge is -2.29. The molecule has 434 valence electrons. The molecule has 4 heterocycles. The van der Waals surface area contributed by atoms with Crippen LogP contribution in [-0.4, -0.2) is 70.9 Å². The van der Waals surface area contributed by atoms with Crippen molar-refractivity contribution in [2.24, 2.45) is 0 Å². The molecule has 4 fully saturated rings. The molecule has 0 aliphatic carbocycles. The highest BCUT2D eigenvalue weighted by molar-refractivity contribution is 5.62. The number of hydrogen-bond donors (Lipinski definition) is 0. The first kappa shape index (κ1) is 56.4. The first-order valence-corrected chi connectivity index (χ1v) is 29.3. The Hall–Kier alpha value is -8.04. The zero-order valence-electron chi connectivity index (χ0n) is 48.7. The molecule has 13 nitrogen and oxygen atoms in total. The van der Waals surface area contributed by atoms with E-state index in [1.165, 1.54) is 16.7 Å². The van der Waals surface area contributed by atoms with Crippen LogP contribution >= 0.6 is 0 Å². The van der Waals surface area contributed by atoms with Gasteiger partial charge in [0.25, 0.3) is 6.29 Å². The van der Waals surface area contributed by atoms with Gasteiger partial charge < -0.3 is 52.1 Å². The molecule has 0 saturated carbocycles. The Morgan fingerprint density at radius 2 is 0.881 bits per heavy atom. The largest absolute Gasteiger partial charge is 0.491 e. The Labute approximate surface area is 492 Å². The summed E-state index contributed by atoms with van der Waals surface area (Å²) in [5, 5.41) is 0. The van der Waals surface area contributed by atoms with Crippen molar-refractivity contribution >= 4 is 0 Å². The molecule has 4 aliphatic rings. The van der Waals surface area contributed by atoms with Gasteiger partial charge in [0.05, 0.1) is 19.8 Å². The number of epoxide rings is 3. The van der Waals surface area contributed by atoms with E-state index < -0.39 is 0 Å². The zero-order chi connectivity index (χ0) is 57.7. The molecule has 84 heavy (non-hydrogen) atoms. The average molecular weight is 1130 g/mol. The molecule has 8 aromatic rings. The van der Waals surface area contributed by atoms with Crippen molar-refractivity contribution in [2.75, 3.05) is 46.2 Å². The summed E-state index contributed by atoms with van der Waals surface area (Å²) in [6.07, 6.45) is 1.38. The topological polar surface area (TPSA) is 136 Å². The summed E-state index contributed by atoms with van der Waals surface area (Å²) in [4.78, 5) is 9.76. The van der Waals surface area contributed by atoms with E-state index in [1.807, 2.05) is 97.1 Å². The summed E-state index contributed by atoms with van der Waals surface area (Å²) < 4.78 is 67.9. The van der Waals surface area contributed by atoms with E-state index in [-0.39, 0.29) is 42.4 Å². The zero-order valence-corrected chi connectivity index (χ0v) is 48.7. The van der Waals surface area contributed by atoms with Crippen LogP contribution in [0.5, 0.6) is 69.0 Å². The minimum absolute atomic E-state index is 0.129. The van der Waals surface area contributed by atoms with Crippen LogP contribution in [0.4, 0.5) is 0 Å². The van der Waals surface area contributed by atoms with E-state index in [1.54, 1.807) is 0 Å². The highest BCUT2D eigenvalue weighted by Crippen LogP contribution is 2.48. The van der Waals surface area contributed by atoms with Crippen LogP contribution < -0.4 is 37.9 Å². The summed E-state index contributed by atoms with van der Waals surface area (Å²) in [5.41, 5.74) is 11.0. The quantitative estimate of drug-likeness (QED) is 0.0340. The standard InChI is InChI=1S/C71H72O13/c1-8-48-31-64(46(6)50-19-25-66(44(4)28-50)79-58-15-9-12-55(33-58)73-37-62-40-76-62)71(82-54-23-21-53(22-24-54)72-36-61-39-75-61)70(47(7)51-20-26-67(45(5)29-51)80-59-16-11-14-57(35-59)78-42-69-83-84-69)65(48)32-52-30-49(43(2)3)18-27-68(52)81-60-17-10-13-56(34-60)74-38-63-41-77-63/h9-31,33-35,43,46-47,61-63,69H,8,32,36-42H2,1-7H3. The second kappa shape index (κ2) is 25.4. The number of rotatable bonds is 28. The van der Waals surface area contributed by atoms with Crippen molar-refractivity contribution in [3.05, 3.63) is 213 Å². The van der Waals surface area contributed by atoms with E-state index in [0.29, 0.717) is 68.2 Å². The fraction of sp³-hybridized carbons (Fsp3) is 0.324. The van der Waals surface area contributed by atoms with Crippen LogP contribution in [0, 0.1) is 13.8 Å². The van der Waals surface area contributed by atoms with E-state index in [4.69, 9.17) is 61.9 Å². The molecule has 12 rings (SSSR count). The first-order valence-electron chi connectivity index (χ1n) is 29.3. The molecule has 5 atom stereocenters. The second-order valence-electron chi connectivity index (χ2n) is 22.4. The van der Waals surface area contributed by atoms with Gasteiger partial charge in [-0.3, -0.25) is 0 Å². The molecule has 0 spiro atoms. The van der Waals surface area contributed by atoms with Gasteiger partial charge in [0.1, 0.15) is 114 Å². The molecule has 4 aliphatic heterocycles. The van der Waals surface area contributed by atoms with Crippen LogP contribution in [0.3, 0.4) is 0 Å². The molecule has 13 heteroatoms. The van der Waals surface area contributed by atoms with Gasteiger partial charge in [-0.2, -0.15) is 9.78 Å². The third-order valence-electron chi connectivity index (χ3n) is 15.6. The predicted molar refractivity (Wildman–Crippen MR) is 320 cm³/mol. The molecule has 0 amide bonds. The molecule has 4 saturated heterocycles. The molecular formula is C71H72O13. The minimum atomic E-state index is -0.348. The molecule has 0 N–H and O–H groups in total. The molecule has 0 bridgehead atoms. The highest BCUT2D eigenvalue weighted by Gasteiger charge is 2.31. The maximum absolute atomic E-state index is 7.48. The Balaban J connectivity index is 0.956. The van der Waals surface area contributed by atoms with Crippen LogP contribution in [0.25, 0.3) is 0 Å². The summed E-state index contributed by atoms with van der Waals surface area (Å²) in [6, 6.07) is 53.0. The number of hydrogen-bond acceptors (Lipinski definition) is 13. The van der Waals surface area contributed by atoms with Crippen LogP contribution in [0.1, 0.15) is 108 Å². The maximum Gasteiger partial charge on any atom is 0.258 e. The third kappa shape index (κ3) is 14.5. The van der Waals surface area contributed by atoms with Crippen LogP contribution in [0.15, 0.2) is 158 Å². The lowest BCUT2D eigenvalue weighted by molar-refractivity contribution is 0.0850. The summed E-state index contributed by atoms with van der Waals surface area (Å²) in [7, 11) is 0. The summed E-state index contributed by atoms with van der Waals surface area (Å²) in [5.74, 6) is 8.58. The smallest absolute Gasteiger partial charge is 0.258 e. The predicted octanol–water partition coefficient (Wildman–Crippen LogP) is 16.1. The Morgan fingerprint density at radius 3 is 1.37 bits per heavy atom. The minimum Gasteiger partial charge on any atom is -0.491 e. The van der Waals surface area contributed by atoms with Gasteiger partial charge in [0.2, 0.25) is 0 Å². The van der Waals surface area contributed by atoms with Gasteiger partial charge in [-0.05, 0) is 150 Å². The lowest BCUT2D eigenvalue weighted by Crippen LogP contribution is -2.13. The van der Waals surface area contributed by atoms with Gasteiger partial charge in [-0.25, -0.2) is 0 Å². The van der Waals surface area contributed by atoms with Crippen molar-refractivity contribution in [1.82, 2.24) is 0 Å². The molecule has 8 aromatic carbocycles. The normalized spacial score (nSPS) is 17.5. The number of ether oxygens (including phenoxy) is 11. The lowest BCUT2D eigenvalue weighted by atomic mass is 9.79. The van der Waals surface area contributed by atoms with E-state index >= 15 is 0 Å². The second-order valence-corrected chi connectivity index (χ2v) is 22.4. The van der Waals surface area contributed by atoms with Crippen molar-refractivity contribution < 1.29 is 61.9 Å².